The molecule has 20 heavy (non-hydrogen) atoms. The number of nitrogens with one attached hydrogen (secondary N) is 1. The number of rotatable bonds is 3. The van der Waals surface area contributed by atoms with Crippen LogP contribution in [0.2, 0.25) is 10.0 Å². The first-order valence-corrected chi connectivity index (χ1v) is 7.10. The lowest BCUT2D eigenvalue weighted by Crippen LogP contribution is -2.46. The van der Waals surface area contributed by atoms with Crippen molar-refractivity contribution >= 4 is 29.0 Å². The van der Waals surface area contributed by atoms with Crippen LogP contribution in [-0.2, 0) is 6.54 Å². The Bertz CT molecular complexity index is 565. The zero-order chi connectivity index (χ0) is 13.9. The number of piperazine rings is 1. The first-order chi connectivity index (χ1) is 9.72. The van der Waals surface area contributed by atoms with E-state index in [-0.39, 0.29) is 0 Å². The molecule has 0 saturated carbocycles. The molecular weight excluding hydrogens is 299 g/mol. The predicted molar refractivity (Wildman–Crippen MR) is 78.1 cm³/mol. The number of pyridine rings is 1. The van der Waals surface area contributed by atoms with Crippen LogP contribution in [0.4, 0.5) is 5.82 Å². The van der Waals surface area contributed by atoms with Crippen LogP contribution >= 0.6 is 23.2 Å². The molecule has 2 aromatic rings. The molecule has 1 saturated heterocycles. The van der Waals surface area contributed by atoms with Gasteiger partial charge in [0.2, 0.25) is 0 Å². The van der Waals surface area contributed by atoms with Gasteiger partial charge in [0.15, 0.2) is 0 Å². The van der Waals surface area contributed by atoms with Crippen LogP contribution in [-0.4, -0.2) is 51.2 Å². The van der Waals surface area contributed by atoms with Gasteiger partial charge in [0.25, 0.3) is 0 Å². The molecule has 0 aliphatic carbocycles. The summed E-state index contributed by atoms with van der Waals surface area (Å²) in [6.45, 7) is 4.41. The maximum atomic E-state index is 6.19. The number of hydrogen-bond acceptors (Lipinski definition) is 5. The van der Waals surface area contributed by atoms with E-state index in [4.69, 9.17) is 23.2 Å². The summed E-state index contributed by atoms with van der Waals surface area (Å²) in [7, 11) is 0. The van der Waals surface area contributed by atoms with Gasteiger partial charge in [-0.3, -0.25) is 10.00 Å². The predicted octanol–water partition coefficient (Wildman–Crippen LogP) is 1.83. The number of hydrogen-bond donors (Lipinski definition) is 1. The van der Waals surface area contributed by atoms with E-state index in [2.05, 4.69) is 30.0 Å². The standard InChI is InChI=1S/C12H14Cl2N6/c13-9-5-10(14)12(15-6-9)20-3-1-19(2-4-20)7-11-16-8-17-18-11/h5-6,8H,1-4,7H2,(H,16,17,18). The molecule has 1 fully saturated rings. The van der Waals surface area contributed by atoms with E-state index in [1.54, 1.807) is 12.3 Å². The molecule has 0 bridgehead atoms. The summed E-state index contributed by atoms with van der Waals surface area (Å²) in [6.07, 6.45) is 3.16. The van der Waals surface area contributed by atoms with Gasteiger partial charge in [-0.2, -0.15) is 5.10 Å². The largest absolute Gasteiger partial charge is 0.353 e. The van der Waals surface area contributed by atoms with Gasteiger partial charge < -0.3 is 4.90 Å². The van der Waals surface area contributed by atoms with Crippen LogP contribution < -0.4 is 4.90 Å². The molecule has 3 rings (SSSR count). The van der Waals surface area contributed by atoms with E-state index in [0.717, 1.165) is 44.4 Å². The highest BCUT2D eigenvalue weighted by atomic mass is 35.5. The quantitative estimate of drug-likeness (QED) is 0.937. The first kappa shape index (κ1) is 13.6. The van der Waals surface area contributed by atoms with Crippen molar-refractivity contribution in [2.75, 3.05) is 31.1 Å². The maximum absolute atomic E-state index is 6.19. The van der Waals surface area contributed by atoms with Crippen LogP contribution in [0.1, 0.15) is 5.82 Å². The Kier molecular flexibility index (Phi) is 4.05. The molecule has 0 spiro atoms. The Hall–Kier alpha value is -1.37. The van der Waals surface area contributed by atoms with Crippen molar-refractivity contribution in [1.82, 2.24) is 25.1 Å². The summed E-state index contributed by atoms with van der Waals surface area (Å²) >= 11 is 12.1. The summed E-state index contributed by atoms with van der Waals surface area (Å²) in [6, 6.07) is 1.73. The van der Waals surface area contributed by atoms with E-state index < -0.39 is 0 Å². The zero-order valence-corrected chi connectivity index (χ0v) is 12.3. The van der Waals surface area contributed by atoms with Crippen molar-refractivity contribution in [2.24, 2.45) is 0 Å². The summed E-state index contributed by atoms with van der Waals surface area (Å²) < 4.78 is 0. The number of aromatic nitrogens is 4. The highest BCUT2D eigenvalue weighted by molar-refractivity contribution is 6.36. The van der Waals surface area contributed by atoms with Crippen molar-refractivity contribution in [3.63, 3.8) is 0 Å². The number of aromatic amines is 1. The summed E-state index contributed by atoms with van der Waals surface area (Å²) in [4.78, 5) is 13.0. The van der Waals surface area contributed by atoms with Crippen LogP contribution in [0.15, 0.2) is 18.6 Å². The van der Waals surface area contributed by atoms with E-state index in [0.29, 0.717) is 10.0 Å². The molecule has 1 N–H and O–H groups in total. The van der Waals surface area contributed by atoms with Gasteiger partial charge in [0.05, 0.1) is 16.6 Å². The fourth-order valence-electron chi connectivity index (χ4n) is 2.28. The van der Waals surface area contributed by atoms with Gasteiger partial charge in [-0.15, -0.1) is 0 Å². The monoisotopic (exact) mass is 312 g/mol. The number of anilines is 1. The lowest BCUT2D eigenvalue weighted by Gasteiger charge is -2.35. The van der Waals surface area contributed by atoms with E-state index >= 15 is 0 Å². The van der Waals surface area contributed by atoms with Crippen molar-refractivity contribution < 1.29 is 0 Å². The highest BCUT2D eigenvalue weighted by Crippen LogP contribution is 2.26. The van der Waals surface area contributed by atoms with Gasteiger partial charge in [0.1, 0.15) is 18.0 Å². The van der Waals surface area contributed by atoms with Gasteiger partial charge in [-0.05, 0) is 6.07 Å². The molecule has 106 valence electrons. The van der Waals surface area contributed by atoms with Crippen molar-refractivity contribution in [3.8, 4) is 0 Å². The fraction of sp³-hybridized carbons (Fsp3) is 0.417. The van der Waals surface area contributed by atoms with E-state index in [1.807, 2.05) is 0 Å². The number of H-pyrrole nitrogens is 1. The zero-order valence-electron chi connectivity index (χ0n) is 10.8. The molecule has 0 atom stereocenters. The van der Waals surface area contributed by atoms with Crippen molar-refractivity contribution in [3.05, 3.63) is 34.5 Å². The third-order valence-electron chi connectivity index (χ3n) is 3.30. The van der Waals surface area contributed by atoms with Gasteiger partial charge >= 0.3 is 0 Å². The van der Waals surface area contributed by atoms with Crippen LogP contribution in [0.3, 0.4) is 0 Å². The van der Waals surface area contributed by atoms with Gasteiger partial charge in [-0.25, -0.2) is 9.97 Å². The smallest absolute Gasteiger partial charge is 0.147 e. The average Bonchev–Trinajstić information content (AvgIpc) is 2.93. The lowest BCUT2D eigenvalue weighted by molar-refractivity contribution is 0.244. The molecule has 1 aliphatic rings. The molecule has 2 aromatic heterocycles. The minimum absolute atomic E-state index is 0.558. The summed E-state index contributed by atoms with van der Waals surface area (Å²) in [5, 5.41) is 7.89. The Morgan fingerprint density at radius 3 is 2.60 bits per heavy atom. The molecular formula is C12H14Cl2N6. The topological polar surface area (TPSA) is 60.9 Å². The fourth-order valence-corrected chi connectivity index (χ4v) is 2.78. The summed E-state index contributed by atoms with van der Waals surface area (Å²) in [5.74, 6) is 1.69. The third-order valence-corrected chi connectivity index (χ3v) is 3.78. The summed E-state index contributed by atoms with van der Waals surface area (Å²) in [5.41, 5.74) is 0. The third kappa shape index (κ3) is 3.03. The minimum atomic E-state index is 0.558. The molecule has 6 nitrogen and oxygen atoms in total. The van der Waals surface area contributed by atoms with Gasteiger partial charge in [0, 0.05) is 32.4 Å². The molecule has 1 aliphatic heterocycles. The van der Waals surface area contributed by atoms with Crippen LogP contribution in [0, 0.1) is 0 Å². The number of nitrogens with zero attached hydrogens (tertiary/aromatic N) is 5. The Balaban J connectivity index is 1.60. The minimum Gasteiger partial charge on any atom is -0.353 e. The van der Waals surface area contributed by atoms with Crippen molar-refractivity contribution in [1.29, 1.82) is 0 Å². The second-order valence-electron chi connectivity index (χ2n) is 4.65. The van der Waals surface area contributed by atoms with Crippen molar-refractivity contribution in [2.45, 2.75) is 6.54 Å². The molecule has 8 heteroatoms. The molecule has 0 amide bonds. The molecule has 3 heterocycles. The Morgan fingerprint density at radius 1 is 1.15 bits per heavy atom. The second-order valence-corrected chi connectivity index (χ2v) is 5.50. The van der Waals surface area contributed by atoms with Crippen LogP contribution in [0.25, 0.3) is 0 Å². The van der Waals surface area contributed by atoms with E-state index in [1.165, 1.54) is 6.33 Å². The normalized spacial score (nSPS) is 16.6. The van der Waals surface area contributed by atoms with Crippen LogP contribution in [0.5, 0.6) is 0 Å². The molecule has 0 radical (unpaired) electrons. The molecule has 0 unspecified atom stereocenters. The molecule has 0 aromatic carbocycles. The highest BCUT2D eigenvalue weighted by Gasteiger charge is 2.20. The lowest BCUT2D eigenvalue weighted by atomic mass is 10.3. The Labute approximate surface area is 126 Å². The Morgan fingerprint density at radius 2 is 1.95 bits per heavy atom. The second kappa shape index (κ2) is 5.95. The first-order valence-electron chi connectivity index (χ1n) is 6.35. The van der Waals surface area contributed by atoms with E-state index in [9.17, 15) is 0 Å². The maximum Gasteiger partial charge on any atom is 0.147 e. The SMILES string of the molecule is Clc1cnc(N2CCN(Cc3ncn[nH]3)CC2)c(Cl)c1. The number of halogens is 2. The van der Waals surface area contributed by atoms with Gasteiger partial charge in [-0.1, -0.05) is 23.2 Å². The average molecular weight is 313 g/mol.